The van der Waals surface area contributed by atoms with E-state index in [9.17, 15) is 9.59 Å². The minimum Gasteiger partial charge on any atom is -0.326 e. The Bertz CT molecular complexity index is 645. The number of anilines is 2. The third-order valence-corrected chi connectivity index (χ3v) is 4.61. The van der Waals surface area contributed by atoms with E-state index in [1.807, 2.05) is 29.6 Å². The van der Waals surface area contributed by atoms with Crippen molar-refractivity contribution < 1.29 is 9.59 Å². The molecular weight excluding hydrogens is 330 g/mol. The number of amides is 2. The van der Waals surface area contributed by atoms with Gasteiger partial charge in [0.1, 0.15) is 0 Å². The van der Waals surface area contributed by atoms with Crippen LogP contribution in [0.5, 0.6) is 0 Å². The number of carbonyl (C=O) groups is 2. The lowest BCUT2D eigenvalue weighted by Crippen LogP contribution is -2.13. The second-order valence-electron chi connectivity index (χ2n) is 4.85. The molecule has 0 saturated heterocycles. The molecule has 0 radical (unpaired) electrons. The van der Waals surface area contributed by atoms with E-state index in [0.717, 1.165) is 23.4 Å². The monoisotopic (exact) mass is 349 g/mol. The molecule has 0 atom stereocenters. The van der Waals surface area contributed by atoms with Gasteiger partial charge in [0.05, 0.1) is 5.75 Å². The molecule has 0 spiro atoms. The molecule has 5 nitrogen and oxygen atoms in total. The van der Waals surface area contributed by atoms with Crippen molar-refractivity contribution in [2.45, 2.75) is 31.1 Å². The maximum atomic E-state index is 11.8. The summed E-state index contributed by atoms with van der Waals surface area (Å²) in [7, 11) is 0. The van der Waals surface area contributed by atoms with Gasteiger partial charge in [-0.2, -0.15) is 0 Å². The summed E-state index contributed by atoms with van der Waals surface area (Å²) in [6, 6.07) is 7.52. The summed E-state index contributed by atoms with van der Waals surface area (Å²) >= 11 is 2.81. The maximum absolute atomic E-state index is 11.8. The number of hydrogen-bond acceptors (Lipinski definition) is 5. The number of unbranched alkanes of at least 4 members (excludes halogenated alkanes) is 1. The number of thiazole rings is 1. The van der Waals surface area contributed by atoms with Crippen molar-refractivity contribution >= 4 is 45.7 Å². The van der Waals surface area contributed by atoms with Gasteiger partial charge in [-0.3, -0.25) is 9.59 Å². The van der Waals surface area contributed by atoms with Crippen LogP contribution in [-0.4, -0.2) is 22.6 Å². The summed E-state index contributed by atoms with van der Waals surface area (Å²) in [5.74, 6) is 0.227. The van der Waals surface area contributed by atoms with Crippen molar-refractivity contribution in [2.24, 2.45) is 0 Å². The molecule has 0 aliphatic carbocycles. The lowest BCUT2D eigenvalue weighted by Gasteiger charge is -2.07. The average Bonchev–Trinajstić information content (AvgIpc) is 3.04. The lowest BCUT2D eigenvalue weighted by atomic mass is 10.2. The predicted octanol–water partition coefficient (Wildman–Crippen LogP) is 4.00. The fourth-order valence-electron chi connectivity index (χ4n) is 1.81. The molecule has 0 bridgehead atoms. The Kier molecular flexibility index (Phi) is 7.09. The van der Waals surface area contributed by atoms with Gasteiger partial charge in [-0.25, -0.2) is 4.98 Å². The van der Waals surface area contributed by atoms with Crippen molar-refractivity contribution in [3.63, 3.8) is 0 Å². The van der Waals surface area contributed by atoms with Crippen LogP contribution in [0.25, 0.3) is 0 Å². The van der Waals surface area contributed by atoms with Crippen LogP contribution in [0.15, 0.2) is 40.7 Å². The average molecular weight is 349 g/mol. The quantitative estimate of drug-likeness (QED) is 0.707. The molecule has 1 heterocycles. The highest BCUT2D eigenvalue weighted by molar-refractivity contribution is 8.00. The molecule has 2 amide bonds. The normalized spacial score (nSPS) is 10.3. The van der Waals surface area contributed by atoms with Gasteiger partial charge in [0.2, 0.25) is 11.8 Å². The van der Waals surface area contributed by atoms with E-state index in [1.54, 1.807) is 6.20 Å². The zero-order valence-corrected chi connectivity index (χ0v) is 14.5. The van der Waals surface area contributed by atoms with Crippen LogP contribution < -0.4 is 10.6 Å². The first-order valence-corrected chi connectivity index (χ1v) is 9.26. The molecule has 7 heteroatoms. The number of thioether (sulfide) groups is 1. The van der Waals surface area contributed by atoms with E-state index < -0.39 is 0 Å². The van der Waals surface area contributed by atoms with Crippen LogP contribution >= 0.6 is 23.1 Å². The van der Waals surface area contributed by atoms with Gasteiger partial charge in [-0.15, -0.1) is 23.1 Å². The van der Waals surface area contributed by atoms with E-state index in [1.165, 1.54) is 23.1 Å². The Balaban J connectivity index is 1.82. The number of rotatable bonds is 8. The first-order valence-electron chi connectivity index (χ1n) is 7.39. The summed E-state index contributed by atoms with van der Waals surface area (Å²) < 4.78 is 0. The molecule has 0 aliphatic rings. The molecule has 0 unspecified atom stereocenters. The topological polar surface area (TPSA) is 71.1 Å². The highest BCUT2D eigenvalue weighted by Crippen LogP contribution is 2.22. The molecule has 2 aromatic rings. The van der Waals surface area contributed by atoms with Gasteiger partial charge in [-0.05, 0) is 24.6 Å². The Morgan fingerprint density at radius 1 is 1.26 bits per heavy atom. The molecule has 23 heavy (non-hydrogen) atoms. The number of aromatic nitrogens is 1. The van der Waals surface area contributed by atoms with Crippen LogP contribution in [0.1, 0.15) is 26.2 Å². The van der Waals surface area contributed by atoms with Crippen molar-refractivity contribution in [3.8, 4) is 0 Å². The second-order valence-corrected chi connectivity index (χ2v) is 6.80. The van der Waals surface area contributed by atoms with Gasteiger partial charge >= 0.3 is 0 Å². The predicted molar refractivity (Wildman–Crippen MR) is 96.1 cm³/mol. The minimum atomic E-state index is -0.0951. The highest BCUT2D eigenvalue weighted by Gasteiger charge is 2.06. The van der Waals surface area contributed by atoms with Crippen molar-refractivity contribution in [1.82, 2.24) is 4.98 Å². The Morgan fingerprint density at radius 2 is 2.13 bits per heavy atom. The smallest absolute Gasteiger partial charge is 0.236 e. The number of hydrogen-bond donors (Lipinski definition) is 2. The molecule has 2 N–H and O–H groups in total. The van der Waals surface area contributed by atoms with Crippen molar-refractivity contribution in [3.05, 3.63) is 35.8 Å². The Labute approximate surface area is 143 Å². The molecule has 1 aromatic heterocycles. The Hall–Kier alpha value is -1.86. The summed E-state index contributed by atoms with van der Waals surface area (Å²) in [5, 5.41) is 8.04. The summed E-state index contributed by atoms with van der Waals surface area (Å²) in [5.41, 5.74) is 0.761. The standard InChI is InChI=1S/C16H19N3O2S2/c1-2-3-7-14(20)18-12-5-4-6-13(10-12)23-11-15(21)19-16-17-8-9-22-16/h4-6,8-10H,2-3,7,11H2,1H3,(H,18,20)(H,17,19,21). The zero-order chi connectivity index (χ0) is 16.5. The highest BCUT2D eigenvalue weighted by atomic mass is 32.2. The summed E-state index contributed by atoms with van der Waals surface area (Å²) in [6.45, 7) is 2.06. The van der Waals surface area contributed by atoms with E-state index in [2.05, 4.69) is 22.5 Å². The molecule has 2 rings (SSSR count). The number of benzene rings is 1. The third-order valence-electron chi connectivity index (χ3n) is 2.92. The fourth-order valence-corrected chi connectivity index (χ4v) is 3.11. The van der Waals surface area contributed by atoms with E-state index in [-0.39, 0.29) is 11.8 Å². The maximum Gasteiger partial charge on any atom is 0.236 e. The molecule has 0 aliphatic heterocycles. The van der Waals surface area contributed by atoms with Crippen molar-refractivity contribution in [2.75, 3.05) is 16.4 Å². The first kappa shape index (κ1) is 17.5. The number of nitrogens with one attached hydrogen (secondary N) is 2. The minimum absolute atomic E-state index is 0.0236. The zero-order valence-electron chi connectivity index (χ0n) is 12.9. The van der Waals surface area contributed by atoms with Crippen LogP contribution in [0.2, 0.25) is 0 Å². The van der Waals surface area contributed by atoms with Crippen LogP contribution in [-0.2, 0) is 9.59 Å². The molecule has 0 fully saturated rings. The molecular formula is C16H19N3O2S2. The lowest BCUT2D eigenvalue weighted by molar-refractivity contribution is -0.116. The van der Waals surface area contributed by atoms with E-state index in [4.69, 9.17) is 0 Å². The van der Waals surface area contributed by atoms with E-state index in [0.29, 0.717) is 17.3 Å². The van der Waals surface area contributed by atoms with Crippen LogP contribution in [0.4, 0.5) is 10.8 Å². The van der Waals surface area contributed by atoms with E-state index >= 15 is 0 Å². The number of carbonyl (C=O) groups excluding carboxylic acids is 2. The van der Waals surface area contributed by atoms with Gasteiger partial charge in [-0.1, -0.05) is 19.4 Å². The second kappa shape index (κ2) is 9.32. The Morgan fingerprint density at radius 3 is 2.87 bits per heavy atom. The summed E-state index contributed by atoms with van der Waals surface area (Å²) in [4.78, 5) is 28.5. The van der Waals surface area contributed by atoms with Gasteiger partial charge < -0.3 is 10.6 Å². The fraction of sp³-hybridized carbons (Fsp3) is 0.312. The van der Waals surface area contributed by atoms with Crippen LogP contribution in [0, 0.1) is 0 Å². The molecule has 1 aromatic carbocycles. The van der Waals surface area contributed by atoms with Gasteiger partial charge in [0.15, 0.2) is 5.13 Å². The summed E-state index contributed by atoms with van der Waals surface area (Å²) in [6.07, 6.45) is 4.07. The van der Waals surface area contributed by atoms with Crippen molar-refractivity contribution in [1.29, 1.82) is 0 Å². The SMILES string of the molecule is CCCCC(=O)Nc1cccc(SCC(=O)Nc2nccs2)c1. The van der Waals surface area contributed by atoms with Crippen LogP contribution in [0.3, 0.4) is 0 Å². The number of nitrogens with zero attached hydrogens (tertiary/aromatic N) is 1. The molecule has 122 valence electrons. The van der Waals surface area contributed by atoms with Gasteiger partial charge in [0, 0.05) is 28.6 Å². The van der Waals surface area contributed by atoms with Gasteiger partial charge in [0.25, 0.3) is 0 Å². The third kappa shape index (κ3) is 6.42. The molecule has 0 saturated carbocycles. The largest absolute Gasteiger partial charge is 0.326 e. The first-order chi connectivity index (χ1) is 11.2.